The highest BCUT2D eigenvalue weighted by Crippen LogP contribution is 2.25. The molecule has 24 heavy (non-hydrogen) atoms. The number of carbonyl (C=O) groups excluding carboxylic acids is 2. The molecule has 0 spiro atoms. The summed E-state index contributed by atoms with van der Waals surface area (Å²) >= 11 is 7.17. The number of nitrogens with zero attached hydrogens (tertiary/aromatic N) is 2. The number of nitriles is 1. The number of halogens is 1. The third kappa shape index (κ3) is 5.72. The Morgan fingerprint density at radius 2 is 2.25 bits per heavy atom. The van der Waals surface area contributed by atoms with E-state index in [1.807, 2.05) is 6.26 Å². The van der Waals surface area contributed by atoms with E-state index in [1.54, 1.807) is 6.07 Å². The number of hydrogen-bond acceptors (Lipinski definition) is 7. The van der Waals surface area contributed by atoms with Crippen LogP contribution in [0.4, 0.5) is 5.69 Å². The maximum absolute atomic E-state index is 12.2. The van der Waals surface area contributed by atoms with Crippen LogP contribution >= 0.6 is 23.4 Å². The molecule has 0 unspecified atom stereocenters. The van der Waals surface area contributed by atoms with Crippen molar-refractivity contribution in [2.45, 2.75) is 12.5 Å². The second-order valence-corrected chi connectivity index (χ2v) is 5.89. The first-order valence-electron chi connectivity index (χ1n) is 6.68. The van der Waals surface area contributed by atoms with Crippen LogP contribution in [-0.4, -0.2) is 41.5 Å². The Morgan fingerprint density at radius 3 is 2.83 bits per heavy atom. The van der Waals surface area contributed by atoms with Gasteiger partial charge in [-0.25, -0.2) is 4.79 Å². The van der Waals surface area contributed by atoms with Crippen molar-refractivity contribution >= 4 is 40.9 Å². The standard InChI is InChI=1S/C14H14ClN3O5S/c1-24-7-4-11(14(20)23-6-5-16)17-13(19)9-2-3-10(15)12(8-9)18(21)22/h2-3,8,11H,4,6-7H2,1H3,(H,17,19)/t11-/m1/s1. The van der Waals surface area contributed by atoms with Crippen LogP contribution in [-0.2, 0) is 9.53 Å². The fourth-order valence-electron chi connectivity index (χ4n) is 1.72. The zero-order valence-electron chi connectivity index (χ0n) is 12.7. The van der Waals surface area contributed by atoms with E-state index in [9.17, 15) is 19.7 Å². The molecule has 0 aromatic heterocycles. The van der Waals surface area contributed by atoms with Crippen LogP contribution in [0.2, 0.25) is 5.02 Å². The van der Waals surface area contributed by atoms with E-state index >= 15 is 0 Å². The molecule has 10 heteroatoms. The SMILES string of the molecule is CSCC[C@@H](NC(=O)c1ccc(Cl)c([N+](=O)[O-])c1)C(=O)OCC#N. The summed E-state index contributed by atoms with van der Waals surface area (Å²) in [6, 6.07) is 4.30. The van der Waals surface area contributed by atoms with Crippen molar-refractivity contribution in [1.82, 2.24) is 5.32 Å². The highest BCUT2D eigenvalue weighted by atomic mass is 35.5. The van der Waals surface area contributed by atoms with Crippen molar-refractivity contribution in [2.75, 3.05) is 18.6 Å². The lowest BCUT2D eigenvalue weighted by molar-refractivity contribution is -0.384. The van der Waals surface area contributed by atoms with Gasteiger partial charge in [0, 0.05) is 11.6 Å². The summed E-state index contributed by atoms with van der Waals surface area (Å²) in [4.78, 5) is 34.3. The molecule has 0 saturated heterocycles. The second kappa shape index (κ2) is 9.75. The summed E-state index contributed by atoms with van der Waals surface area (Å²) in [6.45, 7) is -0.420. The van der Waals surface area contributed by atoms with Gasteiger partial charge in [0.15, 0.2) is 6.61 Å². The number of esters is 1. The summed E-state index contributed by atoms with van der Waals surface area (Å²) in [5, 5.41) is 21.7. The van der Waals surface area contributed by atoms with Gasteiger partial charge in [0.05, 0.1) is 4.92 Å². The predicted octanol–water partition coefficient (Wildman–Crippen LogP) is 2.17. The van der Waals surface area contributed by atoms with Gasteiger partial charge in [0.2, 0.25) is 0 Å². The maximum atomic E-state index is 12.2. The van der Waals surface area contributed by atoms with Gasteiger partial charge in [0.1, 0.15) is 17.1 Å². The minimum Gasteiger partial charge on any atom is -0.449 e. The summed E-state index contributed by atoms with van der Waals surface area (Å²) in [6.07, 6.45) is 2.13. The van der Waals surface area contributed by atoms with Crippen LogP contribution in [0.15, 0.2) is 18.2 Å². The molecule has 1 aromatic rings. The van der Waals surface area contributed by atoms with E-state index in [4.69, 9.17) is 21.6 Å². The highest BCUT2D eigenvalue weighted by Gasteiger charge is 2.24. The average Bonchev–Trinajstić information content (AvgIpc) is 2.56. The minimum atomic E-state index is -0.951. The molecule has 0 saturated carbocycles. The lowest BCUT2D eigenvalue weighted by atomic mass is 10.1. The van der Waals surface area contributed by atoms with Gasteiger partial charge in [-0.05, 0) is 30.6 Å². The van der Waals surface area contributed by atoms with Crippen LogP contribution in [0.25, 0.3) is 0 Å². The lowest BCUT2D eigenvalue weighted by Crippen LogP contribution is -2.42. The molecular weight excluding hydrogens is 358 g/mol. The average molecular weight is 372 g/mol. The van der Waals surface area contributed by atoms with E-state index in [0.717, 1.165) is 6.07 Å². The molecule has 0 heterocycles. The summed E-state index contributed by atoms with van der Waals surface area (Å²) in [7, 11) is 0. The molecule has 1 rings (SSSR count). The Kier molecular flexibility index (Phi) is 8.01. The first kappa shape index (κ1) is 19.7. The number of nitro groups is 1. The van der Waals surface area contributed by atoms with Crippen LogP contribution < -0.4 is 5.32 Å². The molecule has 0 aliphatic rings. The van der Waals surface area contributed by atoms with Gasteiger partial charge in [-0.2, -0.15) is 17.0 Å². The van der Waals surface area contributed by atoms with Gasteiger partial charge in [0.25, 0.3) is 11.6 Å². The van der Waals surface area contributed by atoms with Crippen LogP contribution in [0.3, 0.4) is 0 Å². The van der Waals surface area contributed by atoms with E-state index in [2.05, 4.69) is 5.32 Å². The molecule has 128 valence electrons. The minimum absolute atomic E-state index is 0.00617. The number of amides is 1. The molecule has 0 aliphatic carbocycles. The molecule has 1 amide bonds. The summed E-state index contributed by atoms with van der Waals surface area (Å²) in [5.74, 6) is -0.829. The topological polar surface area (TPSA) is 122 Å². The van der Waals surface area contributed by atoms with Crippen molar-refractivity contribution in [2.24, 2.45) is 0 Å². The third-order valence-electron chi connectivity index (χ3n) is 2.88. The maximum Gasteiger partial charge on any atom is 0.329 e. The monoisotopic (exact) mass is 371 g/mol. The lowest BCUT2D eigenvalue weighted by Gasteiger charge is -2.16. The molecule has 8 nitrogen and oxygen atoms in total. The first-order valence-corrected chi connectivity index (χ1v) is 8.45. The highest BCUT2D eigenvalue weighted by molar-refractivity contribution is 7.98. The van der Waals surface area contributed by atoms with E-state index in [1.165, 1.54) is 23.9 Å². The van der Waals surface area contributed by atoms with Gasteiger partial charge in [-0.15, -0.1) is 0 Å². The number of nitro benzene ring substituents is 1. The smallest absolute Gasteiger partial charge is 0.329 e. The first-order chi connectivity index (χ1) is 11.4. The largest absolute Gasteiger partial charge is 0.449 e. The predicted molar refractivity (Wildman–Crippen MR) is 88.9 cm³/mol. The number of hydrogen-bond donors (Lipinski definition) is 1. The normalized spacial score (nSPS) is 11.2. The van der Waals surface area contributed by atoms with Crippen LogP contribution in [0.1, 0.15) is 16.8 Å². The number of ether oxygens (including phenoxy) is 1. The number of nitrogens with one attached hydrogen (secondary N) is 1. The van der Waals surface area contributed by atoms with Crippen molar-refractivity contribution in [1.29, 1.82) is 5.26 Å². The van der Waals surface area contributed by atoms with Crippen LogP contribution in [0.5, 0.6) is 0 Å². The Morgan fingerprint density at radius 1 is 1.54 bits per heavy atom. The molecule has 0 fully saturated rings. The van der Waals surface area contributed by atoms with Gasteiger partial charge in [-0.1, -0.05) is 11.6 Å². The van der Waals surface area contributed by atoms with Gasteiger partial charge < -0.3 is 10.1 Å². The van der Waals surface area contributed by atoms with E-state index in [0.29, 0.717) is 12.2 Å². The van der Waals surface area contributed by atoms with Crippen molar-refractivity contribution in [3.8, 4) is 6.07 Å². The Hall–Kier alpha value is -2.31. The van der Waals surface area contributed by atoms with E-state index in [-0.39, 0.29) is 10.6 Å². The fraction of sp³-hybridized carbons (Fsp3) is 0.357. The molecule has 1 aromatic carbocycles. The second-order valence-electron chi connectivity index (χ2n) is 4.50. The molecule has 0 aliphatic heterocycles. The van der Waals surface area contributed by atoms with E-state index < -0.39 is 35.1 Å². The Labute approximate surface area is 147 Å². The molecule has 1 N–H and O–H groups in total. The zero-order valence-corrected chi connectivity index (χ0v) is 14.2. The quantitative estimate of drug-likeness (QED) is 0.422. The number of rotatable bonds is 8. The zero-order chi connectivity index (χ0) is 18.1. The third-order valence-corrected chi connectivity index (χ3v) is 3.85. The summed E-state index contributed by atoms with van der Waals surface area (Å²) in [5.41, 5.74) is -0.412. The molecule has 0 radical (unpaired) electrons. The van der Waals surface area contributed by atoms with Crippen LogP contribution in [0, 0.1) is 21.4 Å². The number of benzene rings is 1. The van der Waals surface area contributed by atoms with Gasteiger partial charge >= 0.3 is 5.97 Å². The fourth-order valence-corrected chi connectivity index (χ4v) is 2.38. The Balaban J connectivity index is 2.91. The van der Waals surface area contributed by atoms with Crippen molar-refractivity contribution in [3.05, 3.63) is 38.9 Å². The van der Waals surface area contributed by atoms with Crippen molar-refractivity contribution < 1.29 is 19.2 Å². The van der Waals surface area contributed by atoms with Crippen molar-refractivity contribution in [3.63, 3.8) is 0 Å². The number of thioether (sulfide) groups is 1. The molecule has 0 bridgehead atoms. The number of carbonyl (C=O) groups is 2. The summed E-state index contributed by atoms with van der Waals surface area (Å²) < 4.78 is 4.71. The van der Waals surface area contributed by atoms with Gasteiger partial charge in [-0.3, -0.25) is 14.9 Å². The Bertz CT molecular complexity index is 677. The molecule has 1 atom stereocenters. The molecular formula is C14H14ClN3O5S.